The summed E-state index contributed by atoms with van der Waals surface area (Å²) < 4.78 is 12.8. The number of nitrogens with zero attached hydrogens (tertiary/aromatic N) is 1. The van der Waals surface area contributed by atoms with Gasteiger partial charge in [0, 0.05) is 5.56 Å². The van der Waals surface area contributed by atoms with Gasteiger partial charge in [-0.1, -0.05) is 29.8 Å². The van der Waals surface area contributed by atoms with Crippen molar-refractivity contribution in [2.24, 2.45) is 5.10 Å². The zero-order valence-electron chi connectivity index (χ0n) is 11.4. The summed E-state index contributed by atoms with van der Waals surface area (Å²) in [5, 5.41) is 4.02. The van der Waals surface area contributed by atoms with Crippen molar-refractivity contribution < 1.29 is 9.18 Å². The maximum atomic E-state index is 12.8. The van der Waals surface area contributed by atoms with E-state index in [2.05, 4.69) is 10.5 Å². The Morgan fingerprint density at radius 2 is 1.55 bits per heavy atom. The van der Waals surface area contributed by atoms with Crippen LogP contribution in [0.1, 0.15) is 28.4 Å². The highest BCUT2D eigenvalue weighted by Gasteiger charge is 2.04. The first-order valence-corrected chi connectivity index (χ1v) is 6.23. The van der Waals surface area contributed by atoms with Gasteiger partial charge >= 0.3 is 0 Å². The van der Waals surface area contributed by atoms with E-state index in [1.807, 2.05) is 19.1 Å². The summed E-state index contributed by atoms with van der Waals surface area (Å²) in [6.45, 7) is 3.71. The minimum absolute atomic E-state index is 0.272. The highest BCUT2D eigenvalue weighted by atomic mass is 19.1. The van der Waals surface area contributed by atoms with Gasteiger partial charge < -0.3 is 0 Å². The van der Waals surface area contributed by atoms with Crippen molar-refractivity contribution in [3.8, 4) is 0 Å². The average Bonchev–Trinajstić information content (AvgIpc) is 2.46. The Morgan fingerprint density at radius 3 is 2.15 bits per heavy atom. The van der Waals surface area contributed by atoms with Crippen LogP contribution in [0.15, 0.2) is 53.6 Å². The number of rotatable bonds is 3. The molecule has 102 valence electrons. The van der Waals surface area contributed by atoms with Crippen molar-refractivity contribution in [1.29, 1.82) is 0 Å². The molecule has 0 aliphatic heterocycles. The predicted octanol–water partition coefficient (Wildman–Crippen LogP) is 3.29. The maximum absolute atomic E-state index is 12.8. The summed E-state index contributed by atoms with van der Waals surface area (Å²) in [6, 6.07) is 13.2. The number of benzene rings is 2. The van der Waals surface area contributed by atoms with E-state index in [4.69, 9.17) is 0 Å². The van der Waals surface area contributed by atoms with Crippen molar-refractivity contribution >= 4 is 11.6 Å². The minimum atomic E-state index is -0.301. The van der Waals surface area contributed by atoms with Crippen LogP contribution in [0, 0.1) is 12.7 Å². The van der Waals surface area contributed by atoms with Crippen molar-refractivity contribution in [1.82, 2.24) is 5.43 Å². The van der Waals surface area contributed by atoms with E-state index in [0.29, 0.717) is 11.3 Å². The molecule has 0 spiro atoms. The first-order chi connectivity index (χ1) is 9.56. The zero-order chi connectivity index (χ0) is 14.5. The molecule has 2 aromatic rings. The number of nitrogens with one attached hydrogen (secondary N) is 1. The van der Waals surface area contributed by atoms with E-state index in [1.54, 1.807) is 31.2 Å². The van der Waals surface area contributed by atoms with Gasteiger partial charge in [-0.25, -0.2) is 9.82 Å². The molecular formula is C16H15FN2O. The molecule has 3 nitrogen and oxygen atoms in total. The number of hydrazone groups is 1. The molecule has 0 aliphatic carbocycles. The van der Waals surface area contributed by atoms with Crippen LogP contribution in [0.4, 0.5) is 4.39 Å². The fraction of sp³-hybridized carbons (Fsp3) is 0.125. The van der Waals surface area contributed by atoms with Crippen LogP contribution in [0.2, 0.25) is 0 Å². The fourth-order valence-corrected chi connectivity index (χ4v) is 1.66. The molecule has 0 saturated carbocycles. The van der Waals surface area contributed by atoms with Gasteiger partial charge in [0.2, 0.25) is 0 Å². The van der Waals surface area contributed by atoms with Crippen molar-refractivity contribution in [3.05, 3.63) is 71.0 Å². The number of hydrogen-bond donors (Lipinski definition) is 1. The smallest absolute Gasteiger partial charge is 0.267 e. The molecule has 0 atom stereocenters. The van der Waals surface area contributed by atoms with Crippen LogP contribution in [-0.2, 0) is 0 Å². The third-order valence-corrected chi connectivity index (χ3v) is 2.90. The lowest BCUT2D eigenvalue weighted by molar-refractivity contribution is 0.0955. The van der Waals surface area contributed by atoms with Gasteiger partial charge in [-0.15, -0.1) is 0 Å². The van der Waals surface area contributed by atoms with Crippen molar-refractivity contribution in [3.63, 3.8) is 0 Å². The number of hydrogen-bond acceptors (Lipinski definition) is 2. The van der Waals surface area contributed by atoms with E-state index in [-0.39, 0.29) is 11.7 Å². The van der Waals surface area contributed by atoms with E-state index in [9.17, 15) is 9.18 Å². The van der Waals surface area contributed by atoms with Crippen LogP contribution in [-0.4, -0.2) is 11.6 Å². The van der Waals surface area contributed by atoms with Gasteiger partial charge in [0.1, 0.15) is 5.82 Å². The lowest BCUT2D eigenvalue weighted by Crippen LogP contribution is -2.19. The molecule has 0 bridgehead atoms. The first kappa shape index (κ1) is 13.9. The van der Waals surface area contributed by atoms with Crippen LogP contribution in [0.3, 0.4) is 0 Å². The number of aryl methyl sites for hydroxylation is 1. The second-order valence-corrected chi connectivity index (χ2v) is 4.51. The monoisotopic (exact) mass is 270 g/mol. The second kappa shape index (κ2) is 6.10. The number of carbonyl (C=O) groups is 1. The Kier molecular flexibility index (Phi) is 4.25. The van der Waals surface area contributed by atoms with Gasteiger partial charge in [0.05, 0.1) is 5.71 Å². The average molecular weight is 270 g/mol. The SMILES string of the molecule is C/C(=N\NC(=O)c1ccc(C)cc1)c1ccc(F)cc1. The number of amides is 1. The molecule has 0 aromatic heterocycles. The first-order valence-electron chi connectivity index (χ1n) is 6.23. The van der Waals surface area contributed by atoms with Crippen molar-refractivity contribution in [2.45, 2.75) is 13.8 Å². The molecule has 0 aliphatic rings. The molecule has 20 heavy (non-hydrogen) atoms. The Hall–Kier alpha value is -2.49. The van der Waals surface area contributed by atoms with Gasteiger partial charge in [0.25, 0.3) is 5.91 Å². The minimum Gasteiger partial charge on any atom is -0.267 e. The molecule has 0 fully saturated rings. The Labute approximate surface area is 117 Å². The van der Waals surface area contributed by atoms with Gasteiger partial charge in [0.15, 0.2) is 0 Å². The molecule has 0 unspecified atom stereocenters. The summed E-state index contributed by atoms with van der Waals surface area (Å²) in [6.07, 6.45) is 0. The van der Waals surface area contributed by atoms with Crippen LogP contribution in [0.5, 0.6) is 0 Å². The van der Waals surface area contributed by atoms with E-state index < -0.39 is 0 Å². The van der Waals surface area contributed by atoms with E-state index in [0.717, 1.165) is 11.1 Å². The topological polar surface area (TPSA) is 41.5 Å². The summed E-state index contributed by atoms with van der Waals surface area (Å²) in [7, 11) is 0. The Morgan fingerprint density at radius 1 is 1.00 bits per heavy atom. The molecule has 1 amide bonds. The molecule has 1 N–H and O–H groups in total. The molecular weight excluding hydrogens is 255 g/mol. The largest absolute Gasteiger partial charge is 0.271 e. The number of carbonyl (C=O) groups excluding carboxylic acids is 1. The van der Waals surface area contributed by atoms with E-state index >= 15 is 0 Å². The summed E-state index contributed by atoms with van der Waals surface area (Å²) in [4.78, 5) is 11.9. The predicted molar refractivity (Wildman–Crippen MR) is 77.3 cm³/mol. The van der Waals surface area contributed by atoms with Gasteiger partial charge in [-0.3, -0.25) is 4.79 Å². The van der Waals surface area contributed by atoms with Crippen LogP contribution in [0.25, 0.3) is 0 Å². The summed E-state index contributed by atoms with van der Waals surface area (Å²) >= 11 is 0. The third kappa shape index (κ3) is 3.51. The van der Waals surface area contributed by atoms with Gasteiger partial charge in [-0.2, -0.15) is 5.10 Å². The quantitative estimate of drug-likeness (QED) is 0.675. The molecule has 0 heterocycles. The third-order valence-electron chi connectivity index (χ3n) is 2.90. The lowest BCUT2D eigenvalue weighted by Gasteiger charge is -2.03. The standard InChI is InChI=1S/C16H15FN2O/c1-11-3-5-14(6-4-11)16(20)19-18-12(2)13-7-9-15(17)10-8-13/h3-10H,1-2H3,(H,19,20)/b18-12+. The Bertz CT molecular complexity index is 631. The maximum Gasteiger partial charge on any atom is 0.271 e. The molecule has 0 saturated heterocycles. The van der Waals surface area contributed by atoms with Crippen LogP contribution < -0.4 is 5.43 Å². The van der Waals surface area contributed by atoms with Crippen LogP contribution >= 0.6 is 0 Å². The van der Waals surface area contributed by atoms with E-state index in [1.165, 1.54) is 12.1 Å². The zero-order valence-corrected chi connectivity index (χ0v) is 11.4. The second-order valence-electron chi connectivity index (χ2n) is 4.51. The molecule has 2 rings (SSSR count). The van der Waals surface area contributed by atoms with Gasteiger partial charge in [-0.05, 0) is 43.7 Å². The normalized spacial score (nSPS) is 11.2. The highest BCUT2D eigenvalue weighted by molar-refractivity contribution is 6.00. The lowest BCUT2D eigenvalue weighted by atomic mass is 10.1. The molecule has 0 radical (unpaired) electrons. The highest BCUT2D eigenvalue weighted by Crippen LogP contribution is 2.05. The van der Waals surface area contributed by atoms with Crippen molar-refractivity contribution in [2.75, 3.05) is 0 Å². The molecule has 2 aromatic carbocycles. The molecule has 4 heteroatoms. The number of halogens is 1. The Balaban J connectivity index is 2.06. The summed E-state index contributed by atoms with van der Waals surface area (Å²) in [5.74, 6) is -0.572. The summed E-state index contributed by atoms with van der Waals surface area (Å²) in [5.41, 5.74) is 5.50. The fourth-order valence-electron chi connectivity index (χ4n) is 1.66.